The van der Waals surface area contributed by atoms with Gasteiger partial charge in [0.1, 0.15) is 6.61 Å². The Bertz CT molecular complexity index is 470. The number of aliphatic hydroxyl groups excluding tert-OH is 1. The highest BCUT2D eigenvalue weighted by Gasteiger charge is 2.30. The summed E-state index contributed by atoms with van der Waals surface area (Å²) in [5.74, 6) is 1.51. The lowest BCUT2D eigenvalue weighted by Crippen LogP contribution is -2.47. The number of rotatable bonds is 3. The Morgan fingerprint density at radius 1 is 1.32 bits per heavy atom. The van der Waals surface area contributed by atoms with E-state index in [9.17, 15) is 9.90 Å². The standard InChI is InChI=1S/C14H17NO4/c16-10-5-9(6-10)7-15-14(17)13-8-18-11-3-1-2-4-12(11)19-13/h1-4,9-10,13,16H,5-8H2,(H,15,17). The van der Waals surface area contributed by atoms with E-state index in [1.807, 2.05) is 18.2 Å². The van der Waals surface area contributed by atoms with Crippen LogP contribution in [0.3, 0.4) is 0 Å². The summed E-state index contributed by atoms with van der Waals surface area (Å²) in [5.41, 5.74) is 0. The van der Waals surface area contributed by atoms with Gasteiger partial charge in [0.15, 0.2) is 11.5 Å². The zero-order chi connectivity index (χ0) is 13.2. The number of para-hydroxylation sites is 2. The molecule has 2 aliphatic rings. The van der Waals surface area contributed by atoms with Crippen molar-refractivity contribution in [1.29, 1.82) is 0 Å². The molecule has 102 valence electrons. The summed E-state index contributed by atoms with van der Waals surface area (Å²) < 4.78 is 11.1. The fraction of sp³-hybridized carbons (Fsp3) is 0.500. The molecule has 1 fully saturated rings. The maximum Gasteiger partial charge on any atom is 0.264 e. The number of ether oxygens (including phenoxy) is 2. The summed E-state index contributed by atoms with van der Waals surface area (Å²) in [6.07, 6.45) is 0.749. The van der Waals surface area contributed by atoms with Crippen molar-refractivity contribution in [1.82, 2.24) is 5.32 Å². The summed E-state index contributed by atoms with van der Waals surface area (Å²) >= 11 is 0. The molecule has 0 aromatic heterocycles. The van der Waals surface area contributed by atoms with Crippen LogP contribution in [-0.2, 0) is 4.79 Å². The van der Waals surface area contributed by atoms with Crippen LogP contribution in [-0.4, -0.2) is 36.4 Å². The van der Waals surface area contributed by atoms with Gasteiger partial charge in [-0.2, -0.15) is 0 Å². The van der Waals surface area contributed by atoms with Crippen molar-refractivity contribution in [3.8, 4) is 11.5 Å². The van der Waals surface area contributed by atoms with Crippen LogP contribution in [0.15, 0.2) is 24.3 Å². The zero-order valence-electron chi connectivity index (χ0n) is 10.5. The Labute approximate surface area is 111 Å². The van der Waals surface area contributed by atoms with Crippen molar-refractivity contribution in [2.75, 3.05) is 13.2 Å². The number of carbonyl (C=O) groups is 1. The third kappa shape index (κ3) is 2.66. The molecule has 0 radical (unpaired) electrons. The first-order chi connectivity index (χ1) is 9.22. The van der Waals surface area contributed by atoms with Crippen LogP contribution < -0.4 is 14.8 Å². The first kappa shape index (κ1) is 12.3. The molecule has 19 heavy (non-hydrogen) atoms. The van der Waals surface area contributed by atoms with E-state index in [0.29, 0.717) is 24.0 Å². The number of benzene rings is 1. The third-order valence-corrected chi connectivity index (χ3v) is 3.58. The first-order valence-corrected chi connectivity index (χ1v) is 6.56. The zero-order valence-corrected chi connectivity index (χ0v) is 10.5. The first-order valence-electron chi connectivity index (χ1n) is 6.56. The molecule has 1 unspecified atom stereocenters. The van der Waals surface area contributed by atoms with Crippen LogP contribution >= 0.6 is 0 Å². The summed E-state index contributed by atoms with van der Waals surface area (Å²) in [4.78, 5) is 12.0. The summed E-state index contributed by atoms with van der Waals surface area (Å²) in [6.45, 7) is 0.827. The highest BCUT2D eigenvalue weighted by molar-refractivity contribution is 5.81. The van der Waals surface area contributed by atoms with Gasteiger partial charge in [-0.25, -0.2) is 0 Å². The van der Waals surface area contributed by atoms with E-state index in [4.69, 9.17) is 9.47 Å². The van der Waals surface area contributed by atoms with Gasteiger partial charge in [-0.1, -0.05) is 12.1 Å². The van der Waals surface area contributed by atoms with Crippen LogP contribution in [0.25, 0.3) is 0 Å². The van der Waals surface area contributed by atoms with Crippen LogP contribution in [0, 0.1) is 5.92 Å². The summed E-state index contributed by atoms with van der Waals surface area (Å²) in [7, 11) is 0. The maximum atomic E-state index is 12.0. The lowest BCUT2D eigenvalue weighted by atomic mass is 9.82. The lowest BCUT2D eigenvalue weighted by molar-refractivity contribution is -0.130. The molecule has 2 N–H and O–H groups in total. The van der Waals surface area contributed by atoms with Gasteiger partial charge >= 0.3 is 0 Å². The van der Waals surface area contributed by atoms with Crippen molar-refractivity contribution in [2.45, 2.75) is 25.0 Å². The van der Waals surface area contributed by atoms with E-state index in [2.05, 4.69) is 5.32 Å². The van der Waals surface area contributed by atoms with Gasteiger partial charge in [0, 0.05) is 6.54 Å². The molecule has 5 nitrogen and oxygen atoms in total. The normalized spacial score (nSPS) is 28.4. The fourth-order valence-electron chi connectivity index (χ4n) is 2.37. The number of amides is 1. The number of nitrogens with one attached hydrogen (secondary N) is 1. The molecule has 1 aliphatic carbocycles. The van der Waals surface area contributed by atoms with Crippen molar-refractivity contribution in [2.24, 2.45) is 5.92 Å². The average Bonchev–Trinajstić information content (AvgIpc) is 2.41. The van der Waals surface area contributed by atoms with Gasteiger partial charge in [0.25, 0.3) is 5.91 Å². The Morgan fingerprint density at radius 3 is 2.79 bits per heavy atom. The molecule has 1 aromatic rings. The maximum absolute atomic E-state index is 12.0. The molecule has 1 aromatic carbocycles. The van der Waals surface area contributed by atoms with E-state index >= 15 is 0 Å². The fourth-order valence-corrected chi connectivity index (χ4v) is 2.37. The largest absolute Gasteiger partial charge is 0.485 e. The molecule has 0 saturated heterocycles. The number of hydrogen-bond donors (Lipinski definition) is 2. The van der Waals surface area contributed by atoms with Gasteiger partial charge in [0.2, 0.25) is 6.10 Å². The minimum atomic E-state index is -0.597. The monoisotopic (exact) mass is 263 g/mol. The minimum Gasteiger partial charge on any atom is -0.485 e. The second-order valence-electron chi connectivity index (χ2n) is 5.10. The molecule has 1 heterocycles. The van der Waals surface area contributed by atoms with Crippen LogP contribution in [0.5, 0.6) is 11.5 Å². The Kier molecular flexibility index (Phi) is 3.29. The van der Waals surface area contributed by atoms with E-state index < -0.39 is 6.10 Å². The molecule has 1 amide bonds. The van der Waals surface area contributed by atoms with Crippen LogP contribution in [0.4, 0.5) is 0 Å². The van der Waals surface area contributed by atoms with Crippen LogP contribution in [0.2, 0.25) is 0 Å². The molecule has 1 saturated carbocycles. The van der Waals surface area contributed by atoms with Gasteiger partial charge in [-0.05, 0) is 30.9 Å². The quantitative estimate of drug-likeness (QED) is 0.843. The second kappa shape index (κ2) is 5.09. The Balaban J connectivity index is 1.51. The second-order valence-corrected chi connectivity index (χ2v) is 5.10. The molecule has 0 spiro atoms. The molecule has 1 atom stereocenters. The smallest absolute Gasteiger partial charge is 0.264 e. The topological polar surface area (TPSA) is 67.8 Å². The van der Waals surface area contributed by atoms with E-state index in [1.165, 1.54) is 0 Å². The highest BCUT2D eigenvalue weighted by atomic mass is 16.6. The predicted octanol–water partition coefficient (Wildman–Crippen LogP) is 0.713. The molecule has 3 rings (SSSR count). The van der Waals surface area contributed by atoms with Gasteiger partial charge in [-0.3, -0.25) is 4.79 Å². The molecular formula is C14H17NO4. The Morgan fingerprint density at radius 2 is 2.05 bits per heavy atom. The van der Waals surface area contributed by atoms with Crippen molar-refractivity contribution < 1.29 is 19.4 Å². The van der Waals surface area contributed by atoms with Gasteiger partial charge in [-0.15, -0.1) is 0 Å². The van der Waals surface area contributed by atoms with Crippen molar-refractivity contribution in [3.63, 3.8) is 0 Å². The number of aliphatic hydroxyl groups is 1. The predicted molar refractivity (Wildman–Crippen MR) is 68.1 cm³/mol. The average molecular weight is 263 g/mol. The third-order valence-electron chi connectivity index (χ3n) is 3.58. The number of hydrogen-bond acceptors (Lipinski definition) is 4. The molecule has 1 aliphatic heterocycles. The molecular weight excluding hydrogens is 246 g/mol. The van der Waals surface area contributed by atoms with Gasteiger partial charge < -0.3 is 19.9 Å². The SMILES string of the molecule is O=C(NCC1CC(O)C1)C1COc2ccccc2O1. The Hall–Kier alpha value is -1.75. The van der Waals surface area contributed by atoms with Crippen LogP contribution in [0.1, 0.15) is 12.8 Å². The van der Waals surface area contributed by atoms with E-state index in [0.717, 1.165) is 12.8 Å². The lowest BCUT2D eigenvalue weighted by Gasteiger charge is -2.32. The van der Waals surface area contributed by atoms with E-state index in [1.54, 1.807) is 6.07 Å². The molecule has 0 bridgehead atoms. The number of carbonyl (C=O) groups excluding carboxylic acids is 1. The summed E-state index contributed by atoms with van der Waals surface area (Å²) in [5, 5.41) is 12.0. The van der Waals surface area contributed by atoms with Gasteiger partial charge in [0.05, 0.1) is 6.10 Å². The van der Waals surface area contributed by atoms with Crippen molar-refractivity contribution in [3.05, 3.63) is 24.3 Å². The number of fused-ring (bicyclic) bond motifs is 1. The minimum absolute atomic E-state index is 0.157. The summed E-state index contributed by atoms with van der Waals surface area (Å²) in [6, 6.07) is 7.32. The van der Waals surface area contributed by atoms with Crippen molar-refractivity contribution >= 4 is 5.91 Å². The molecule has 5 heteroatoms. The van der Waals surface area contributed by atoms with E-state index in [-0.39, 0.29) is 18.6 Å². The highest BCUT2D eigenvalue weighted by Crippen LogP contribution is 2.31.